The Morgan fingerprint density at radius 2 is 1.88 bits per heavy atom. The van der Waals surface area contributed by atoms with Crippen molar-refractivity contribution < 1.29 is 24.1 Å². The number of hydrogen-bond acceptors (Lipinski definition) is 5. The number of amides is 1. The number of ether oxygens (including phenoxy) is 3. The lowest BCUT2D eigenvalue weighted by Gasteiger charge is -2.33. The van der Waals surface area contributed by atoms with Crippen molar-refractivity contribution >= 4 is 6.09 Å². The molecular formula is C19H37NO5. The number of aliphatic hydroxyl groups excluding tert-OH is 1. The van der Waals surface area contributed by atoms with E-state index < -0.39 is 24.1 Å². The fourth-order valence-electron chi connectivity index (χ4n) is 3.33. The maximum Gasteiger partial charge on any atom is 0.407 e. The molecule has 0 radical (unpaired) electrons. The first-order valence-electron chi connectivity index (χ1n) is 9.62. The first-order chi connectivity index (χ1) is 11.7. The van der Waals surface area contributed by atoms with Crippen LogP contribution in [0.15, 0.2) is 0 Å². The van der Waals surface area contributed by atoms with Gasteiger partial charge in [0.1, 0.15) is 11.7 Å². The van der Waals surface area contributed by atoms with Gasteiger partial charge in [-0.3, -0.25) is 0 Å². The molecule has 1 unspecified atom stereocenters. The first kappa shape index (κ1) is 22.2. The molecule has 2 N–H and O–H groups in total. The van der Waals surface area contributed by atoms with Crippen LogP contribution in [0.5, 0.6) is 0 Å². The van der Waals surface area contributed by atoms with Crippen LogP contribution in [0.4, 0.5) is 4.79 Å². The van der Waals surface area contributed by atoms with Crippen LogP contribution in [-0.2, 0) is 14.2 Å². The highest BCUT2D eigenvalue weighted by molar-refractivity contribution is 5.68. The average Bonchev–Trinajstić information content (AvgIpc) is 2.51. The van der Waals surface area contributed by atoms with Crippen molar-refractivity contribution in [3.05, 3.63) is 0 Å². The minimum Gasteiger partial charge on any atom is -0.444 e. The zero-order valence-corrected chi connectivity index (χ0v) is 16.5. The summed E-state index contributed by atoms with van der Waals surface area (Å²) in [6, 6.07) is -0.300. The van der Waals surface area contributed by atoms with Crippen molar-refractivity contribution in [3.63, 3.8) is 0 Å². The van der Waals surface area contributed by atoms with Crippen molar-refractivity contribution in [3.8, 4) is 0 Å². The van der Waals surface area contributed by atoms with E-state index in [9.17, 15) is 9.90 Å². The molecule has 25 heavy (non-hydrogen) atoms. The van der Waals surface area contributed by atoms with E-state index in [0.717, 1.165) is 19.3 Å². The zero-order chi connectivity index (χ0) is 18.9. The van der Waals surface area contributed by atoms with Crippen molar-refractivity contribution in [2.24, 2.45) is 5.92 Å². The van der Waals surface area contributed by atoms with E-state index in [0.29, 0.717) is 12.5 Å². The summed E-state index contributed by atoms with van der Waals surface area (Å²) in [4.78, 5) is 12.2. The quantitative estimate of drug-likeness (QED) is 0.615. The van der Waals surface area contributed by atoms with E-state index in [1.165, 1.54) is 19.3 Å². The van der Waals surface area contributed by atoms with Gasteiger partial charge in [-0.25, -0.2) is 4.79 Å². The number of nitrogens with one attached hydrogen (secondary N) is 1. The van der Waals surface area contributed by atoms with Gasteiger partial charge >= 0.3 is 6.09 Å². The number of hydrogen-bond donors (Lipinski definition) is 2. The molecule has 0 aromatic rings. The Morgan fingerprint density at radius 1 is 1.24 bits per heavy atom. The highest BCUT2D eigenvalue weighted by Gasteiger charge is 2.30. The molecule has 0 heterocycles. The van der Waals surface area contributed by atoms with Crippen LogP contribution in [0.1, 0.15) is 73.1 Å². The number of rotatable bonds is 9. The average molecular weight is 360 g/mol. The minimum absolute atomic E-state index is 0.176. The van der Waals surface area contributed by atoms with Crippen LogP contribution < -0.4 is 5.32 Å². The summed E-state index contributed by atoms with van der Waals surface area (Å²) >= 11 is 0. The Kier molecular flexibility index (Phi) is 9.75. The molecule has 1 fully saturated rings. The molecule has 0 aromatic carbocycles. The van der Waals surface area contributed by atoms with Crippen LogP contribution >= 0.6 is 0 Å². The maximum atomic E-state index is 12.2. The molecule has 0 spiro atoms. The maximum absolute atomic E-state index is 12.2. The molecule has 0 aromatic heterocycles. The zero-order valence-electron chi connectivity index (χ0n) is 16.5. The van der Waals surface area contributed by atoms with Gasteiger partial charge in [0.15, 0.2) is 6.29 Å². The van der Waals surface area contributed by atoms with E-state index in [1.54, 1.807) is 6.92 Å². The molecule has 3 atom stereocenters. The molecule has 0 bridgehead atoms. The van der Waals surface area contributed by atoms with E-state index in [1.807, 2.05) is 27.7 Å². The summed E-state index contributed by atoms with van der Waals surface area (Å²) in [5, 5.41) is 12.7. The summed E-state index contributed by atoms with van der Waals surface area (Å²) in [6.07, 6.45) is 5.41. The molecule has 1 saturated carbocycles. The molecule has 1 aliphatic carbocycles. The van der Waals surface area contributed by atoms with Gasteiger partial charge < -0.3 is 24.6 Å². The van der Waals surface area contributed by atoms with E-state index in [-0.39, 0.29) is 12.6 Å². The minimum atomic E-state index is -0.562. The van der Waals surface area contributed by atoms with Gasteiger partial charge in [0.25, 0.3) is 0 Å². The highest BCUT2D eigenvalue weighted by Crippen LogP contribution is 2.28. The molecule has 0 aliphatic heterocycles. The third-order valence-corrected chi connectivity index (χ3v) is 4.41. The summed E-state index contributed by atoms with van der Waals surface area (Å²) in [5.74, 6) is 0.536. The van der Waals surface area contributed by atoms with Crippen molar-refractivity contribution in [1.29, 1.82) is 0 Å². The van der Waals surface area contributed by atoms with E-state index in [2.05, 4.69) is 5.32 Å². The molecule has 0 saturated heterocycles. The predicted molar refractivity (Wildman–Crippen MR) is 97.4 cm³/mol. The predicted octanol–water partition coefficient (Wildman–Crippen LogP) is 3.61. The summed E-state index contributed by atoms with van der Waals surface area (Å²) < 4.78 is 16.6. The number of alkyl carbamates (subject to hydrolysis) is 1. The summed E-state index contributed by atoms with van der Waals surface area (Å²) in [5.41, 5.74) is -0.562. The van der Waals surface area contributed by atoms with Crippen molar-refractivity contribution in [1.82, 2.24) is 5.32 Å². The normalized spacial score (nSPS) is 19.9. The highest BCUT2D eigenvalue weighted by atomic mass is 16.7. The Bertz CT molecular complexity index is 377. The summed E-state index contributed by atoms with van der Waals surface area (Å²) in [7, 11) is 0. The smallest absolute Gasteiger partial charge is 0.407 e. The number of carbonyl (C=O) groups excluding carboxylic acids is 1. The van der Waals surface area contributed by atoms with Crippen molar-refractivity contribution in [2.45, 2.75) is 97.2 Å². The largest absolute Gasteiger partial charge is 0.444 e. The molecule has 6 heteroatoms. The van der Waals surface area contributed by atoms with Crippen LogP contribution in [0.25, 0.3) is 0 Å². The Hall–Kier alpha value is -0.850. The lowest BCUT2D eigenvalue weighted by molar-refractivity contribution is -0.174. The standard InChI is InChI=1S/C19H37NO5/c1-6-23-14(2)24-17(13-21)16(12-15-10-8-7-9-11-15)20-18(22)25-19(3,4)5/h14-17,21H,6-13H2,1-5H3,(H,20,22)/t14?,16-,17-/m0/s1. The second-order valence-corrected chi connectivity index (χ2v) is 7.87. The van der Waals surface area contributed by atoms with Gasteiger partial charge in [-0.2, -0.15) is 0 Å². The van der Waals surface area contributed by atoms with E-state index >= 15 is 0 Å². The topological polar surface area (TPSA) is 77.0 Å². The molecule has 1 aliphatic rings. The third-order valence-electron chi connectivity index (χ3n) is 4.41. The van der Waals surface area contributed by atoms with Crippen LogP contribution in [0, 0.1) is 5.92 Å². The third kappa shape index (κ3) is 9.42. The Morgan fingerprint density at radius 3 is 2.40 bits per heavy atom. The molecule has 1 rings (SSSR count). The SMILES string of the molecule is CCOC(C)O[C@@H](CO)[C@H](CC1CCCCC1)NC(=O)OC(C)(C)C. The lowest BCUT2D eigenvalue weighted by Crippen LogP contribution is -2.49. The van der Waals surface area contributed by atoms with E-state index in [4.69, 9.17) is 14.2 Å². The Balaban J connectivity index is 2.74. The van der Waals surface area contributed by atoms with Crippen LogP contribution in [0.3, 0.4) is 0 Å². The van der Waals surface area contributed by atoms with Crippen LogP contribution in [-0.4, -0.2) is 48.5 Å². The van der Waals surface area contributed by atoms with Gasteiger partial charge in [-0.15, -0.1) is 0 Å². The van der Waals surface area contributed by atoms with Gasteiger partial charge in [-0.1, -0.05) is 32.1 Å². The molecule has 6 nitrogen and oxygen atoms in total. The van der Waals surface area contributed by atoms with Gasteiger partial charge in [-0.05, 0) is 47.0 Å². The molecular weight excluding hydrogens is 322 g/mol. The monoisotopic (exact) mass is 359 g/mol. The first-order valence-corrected chi connectivity index (χ1v) is 9.62. The lowest BCUT2D eigenvalue weighted by atomic mass is 9.83. The second kappa shape index (κ2) is 11.0. The van der Waals surface area contributed by atoms with Gasteiger partial charge in [0.05, 0.1) is 12.6 Å². The number of carbonyl (C=O) groups is 1. The van der Waals surface area contributed by atoms with Gasteiger partial charge in [0, 0.05) is 6.61 Å². The van der Waals surface area contributed by atoms with Crippen molar-refractivity contribution in [2.75, 3.05) is 13.2 Å². The molecule has 148 valence electrons. The molecule has 1 amide bonds. The second-order valence-electron chi connectivity index (χ2n) is 7.87. The Labute approximate surface area is 152 Å². The summed E-state index contributed by atoms with van der Waals surface area (Å²) in [6.45, 7) is 9.56. The van der Waals surface area contributed by atoms with Crippen LogP contribution in [0.2, 0.25) is 0 Å². The van der Waals surface area contributed by atoms with Gasteiger partial charge in [0.2, 0.25) is 0 Å². The number of aliphatic hydroxyl groups is 1. The fraction of sp³-hybridized carbons (Fsp3) is 0.947. The fourth-order valence-corrected chi connectivity index (χ4v) is 3.33.